The third-order valence-electron chi connectivity index (χ3n) is 4.19. The van der Waals surface area contributed by atoms with Gasteiger partial charge in [0, 0.05) is 47.4 Å². The van der Waals surface area contributed by atoms with Gasteiger partial charge >= 0.3 is 0 Å². The molecule has 0 atom stereocenters. The molecule has 0 saturated heterocycles. The zero-order valence-corrected chi connectivity index (χ0v) is 16.6. The fourth-order valence-electron chi connectivity index (χ4n) is 2.74. The summed E-state index contributed by atoms with van der Waals surface area (Å²) in [7, 11) is 6.10. The van der Waals surface area contributed by atoms with Crippen molar-refractivity contribution in [1.29, 1.82) is 0 Å². The Hall–Kier alpha value is -3.81. The van der Waals surface area contributed by atoms with Crippen molar-refractivity contribution in [3.05, 3.63) is 54.4 Å². The molecule has 0 bridgehead atoms. The molecule has 0 spiro atoms. The van der Waals surface area contributed by atoms with Crippen LogP contribution in [0.5, 0.6) is 23.1 Å². The summed E-state index contributed by atoms with van der Waals surface area (Å²) in [4.78, 5) is 21.2. The molecule has 2 heterocycles. The normalized spacial score (nSPS) is 10.2. The second-order valence-electron chi connectivity index (χ2n) is 5.89. The van der Waals surface area contributed by atoms with Gasteiger partial charge < -0.3 is 24.3 Å². The number of hydrogen-bond donors (Lipinski definition) is 1. The molecule has 0 fully saturated rings. The SMILES string of the molecule is COc1ccc(-c2cc(C(=O)Nc3cc(OC)c(OC)c(OC)c3)ccn2)cn1. The Labute approximate surface area is 168 Å². The Bertz CT molecular complexity index is 980. The van der Waals surface area contributed by atoms with Gasteiger partial charge in [-0.25, -0.2) is 4.98 Å². The number of benzene rings is 1. The summed E-state index contributed by atoms with van der Waals surface area (Å²) in [5, 5.41) is 2.84. The topological polar surface area (TPSA) is 91.8 Å². The Morgan fingerprint density at radius 3 is 2.14 bits per heavy atom. The zero-order chi connectivity index (χ0) is 20.8. The molecule has 8 nitrogen and oxygen atoms in total. The second kappa shape index (κ2) is 8.92. The Kier molecular flexibility index (Phi) is 6.13. The minimum atomic E-state index is -0.301. The van der Waals surface area contributed by atoms with Crippen LogP contribution in [0, 0.1) is 0 Å². The van der Waals surface area contributed by atoms with Crippen LogP contribution in [0.1, 0.15) is 10.4 Å². The average molecular weight is 395 g/mol. The molecule has 29 heavy (non-hydrogen) atoms. The second-order valence-corrected chi connectivity index (χ2v) is 5.89. The number of carbonyl (C=O) groups excluding carboxylic acids is 1. The van der Waals surface area contributed by atoms with E-state index in [2.05, 4.69) is 15.3 Å². The molecule has 8 heteroatoms. The number of rotatable bonds is 7. The van der Waals surface area contributed by atoms with Crippen molar-refractivity contribution in [3.63, 3.8) is 0 Å². The van der Waals surface area contributed by atoms with E-state index < -0.39 is 0 Å². The number of nitrogens with one attached hydrogen (secondary N) is 1. The lowest BCUT2D eigenvalue weighted by Crippen LogP contribution is -2.12. The fraction of sp³-hybridized carbons (Fsp3) is 0.190. The van der Waals surface area contributed by atoms with Crippen LogP contribution in [0.3, 0.4) is 0 Å². The van der Waals surface area contributed by atoms with Crippen LogP contribution in [0.25, 0.3) is 11.3 Å². The monoisotopic (exact) mass is 395 g/mol. The first-order valence-electron chi connectivity index (χ1n) is 8.67. The highest BCUT2D eigenvalue weighted by Gasteiger charge is 2.15. The van der Waals surface area contributed by atoms with Crippen LogP contribution in [0.15, 0.2) is 48.8 Å². The van der Waals surface area contributed by atoms with Crippen molar-refractivity contribution in [2.24, 2.45) is 0 Å². The van der Waals surface area contributed by atoms with Crippen LogP contribution in [0.2, 0.25) is 0 Å². The van der Waals surface area contributed by atoms with Crippen molar-refractivity contribution in [2.75, 3.05) is 33.8 Å². The number of ether oxygens (including phenoxy) is 4. The van der Waals surface area contributed by atoms with Crippen molar-refractivity contribution in [3.8, 4) is 34.4 Å². The van der Waals surface area contributed by atoms with E-state index in [0.29, 0.717) is 40.1 Å². The number of amides is 1. The molecule has 0 saturated carbocycles. The maximum Gasteiger partial charge on any atom is 0.255 e. The summed E-state index contributed by atoms with van der Waals surface area (Å²) in [6, 6.07) is 10.2. The number of anilines is 1. The molecule has 2 aromatic heterocycles. The van der Waals surface area contributed by atoms with E-state index in [4.69, 9.17) is 18.9 Å². The van der Waals surface area contributed by atoms with Gasteiger partial charge in [0.15, 0.2) is 11.5 Å². The smallest absolute Gasteiger partial charge is 0.255 e. The lowest BCUT2D eigenvalue weighted by molar-refractivity contribution is 0.102. The first kappa shape index (κ1) is 19.9. The van der Waals surface area contributed by atoms with Crippen molar-refractivity contribution in [1.82, 2.24) is 9.97 Å². The summed E-state index contributed by atoms with van der Waals surface area (Å²) in [5.74, 6) is 1.55. The fourth-order valence-corrected chi connectivity index (χ4v) is 2.74. The average Bonchev–Trinajstić information content (AvgIpc) is 2.78. The Balaban J connectivity index is 1.86. The standard InChI is InChI=1S/C21H21N3O5/c1-26-17-10-15(11-18(27-2)20(17)29-4)24-21(25)13-7-8-22-16(9-13)14-5-6-19(28-3)23-12-14/h5-12H,1-4H3,(H,24,25). The van der Waals surface area contributed by atoms with E-state index in [1.165, 1.54) is 21.3 Å². The van der Waals surface area contributed by atoms with Crippen LogP contribution in [-0.4, -0.2) is 44.3 Å². The van der Waals surface area contributed by atoms with E-state index in [1.807, 2.05) is 6.07 Å². The molecule has 3 rings (SSSR count). The lowest BCUT2D eigenvalue weighted by Gasteiger charge is -2.14. The number of carbonyl (C=O) groups is 1. The van der Waals surface area contributed by atoms with Gasteiger partial charge in [0.1, 0.15) is 0 Å². The Morgan fingerprint density at radius 1 is 0.862 bits per heavy atom. The van der Waals surface area contributed by atoms with Gasteiger partial charge in [0.05, 0.1) is 34.1 Å². The van der Waals surface area contributed by atoms with Gasteiger partial charge in [0.2, 0.25) is 11.6 Å². The summed E-state index contributed by atoms with van der Waals surface area (Å²) in [5.41, 5.74) is 2.35. The quantitative estimate of drug-likeness (QED) is 0.655. The van der Waals surface area contributed by atoms with E-state index in [-0.39, 0.29) is 5.91 Å². The van der Waals surface area contributed by atoms with Gasteiger partial charge in [-0.1, -0.05) is 0 Å². The molecule has 1 amide bonds. The maximum atomic E-state index is 12.8. The number of aromatic nitrogens is 2. The van der Waals surface area contributed by atoms with Crippen LogP contribution < -0.4 is 24.3 Å². The third kappa shape index (κ3) is 4.37. The number of hydrogen-bond acceptors (Lipinski definition) is 7. The Morgan fingerprint density at radius 2 is 1.59 bits per heavy atom. The molecule has 0 unspecified atom stereocenters. The molecule has 1 N–H and O–H groups in total. The number of pyridine rings is 2. The van der Waals surface area contributed by atoms with E-state index >= 15 is 0 Å². The van der Waals surface area contributed by atoms with Gasteiger partial charge in [-0.15, -0.1) is 0 Å². The summed E-state index contributed by atoms with van der Waals surface area (Å²) in [6.45, 7) is 0. The van der Waals surface area contributed by atoms with Gasteiger partial charge in [-0.05, 0) is 18.2 Å². The van der Waals surface area contributed by atoms with E-state index in [0.717, 1.165) is 5.56 Å². The molecule has 0 aliphatic carbocycles. The number of nitrogens with zero attached hydrogens (tertiary/aromatic N) is 2. The van der Waals surface area contributed by atoms with Crippen LogP contribution in [0.4, 0.5) is 5.69 Å². The molecular weight excluding hydrogens is 374 g/mol. The molecule has 0 aliphatic heterocycles. The molecule has 3 aromatic rings. The van der Waals surface area contributed by atoms with Gasteiger partial charge in [-0.2, -0.15) is 0 Å². The predicted octanol–water partition coefficient (Wildman–Crippen LogP) is 3.43. The largest absolute Gasteiger partial charge is 0.493 e. The highest BCUT2D eigenvalue weighted by atomic mass is 16.5. The summed E-state index contributed by atoms with van der Waals surface area (Å²) in [6.07, 6.45) is 3.21. The zero-order valence-electron chi connectivity index (χ0n) is 16.6. The van der Waals surface area contributed by atoms with Crippen LogP contribution >= 0.6 is 0 Å². The van der Waals surface area contributed by atoms with Gasteiger partial charge in [-0.3, -0.25) is 9.78 Å². The van der Waals surface area contributed by atoms with Gasteiger partial charge in [0.25, 0.3) is 5.91 Å². The highest BCUT2D eigenvalue weighted by Crippen LogP contribution is 2.40. The predicted molar refractivity (Wildman–Crippen MR) is 108 cm³/mol. The molecule has 0 radical (unpaired) electrons. The third-order valence-corrected chi connectivity index (χ3v) is 4.19. The molecule has 150 valence electrons. The van der Waals surface area contributed by atoms with E-state index in [9.17, 15) is 4.79 Å². The molecule has 1 aromatic carbocycles. The van der Waals surface area contributed by atoms with E-state index in [1.54, 1.807) is 49.8 Å². The molecular formula is C21H21N3O5. The minimum Gasteiger partial charge on any atom is -0.493 e. The lowest BCUT2D eigenvalue weighted by atomic mass is 10.1. The van der Waals surface area contributed by atoms with Crippen molar-refractivity contribution < 1.29 is 23.7 Å². The first-order valence-corrected chi connectivity index (χ1v) is 8.67. The highest BCUT2D eigenvalue weighted by molar-refractivity contribution is 6.05. The molecule has 0 aliphatic rings. The summed E-state index contributed by atoms with van der Waals surface area (Å²) < 4.78 is 21.0. The maximum absolute atomic E-state index is 12.8. The van der Waals surface area contributed by atoms with Crippen LogP contribution in [-0.2, 0) is 0 Å². The summed E-state index contributed by atoms with van der Waals surface area (Å²) >= 11 is 0. The minimum absolute atomic E-state index is 0.301. The number of methoxy groups -OCH3 is 4. The first-order chi connectivity index (χ1) is 14.1. The van der Waals surface area contributed by atoms with Crippen molar-refractivity contribution in [2.45, 2.75) is 0 Å². The van der Waals surface area contributed by atoms with Crippen molar-refractivity contribution >= 4 is 11.6 Å².